The molecule has 304 valence electrons. The molecule has 0 aromatic heterocycles. The molecule has 9 nitrogen and oxygen atoms in total. The molecule has 0 rings (SSSR count). The molecular formula is C40H80NO8PS. The van der Waals surface area contributed by atoms with Crippen LogP contribution in [0.4, 0.5) is 0 Å². The van der Waals surface area contributed by atoms with E-state index in [1.54, 1.807) is 0 Å². The van der Waals surface area contributed by atoms with Crippen LogP contribution < -0.4 is 4.89 Å². The van der Waals surface area contributed by atoms with E-state index in [0.29, 0.717) is 17.4 Å². The number of quaternary nitrogens is 1. The predicted molar refractivity (Wildman–Crippen MR) is 212 cm³/mol. The first-order valence-electron chi connectivity index (χ1n) is 20.9. The summed E-state index contributed by atoms with van der Waals surface area (Å²) in [4.78, 5) is 37.4. The van der Waals surface area contributed by atoms with Crippen LogP contribution in [0.1, 0.15) is 187 Å². The molecule has 0 radical (unpaired) electrons. The summed E-state index contributed by atoms with van der Waals surface area (Å²) in [6, 6.07) is 0. The van der Waals surface area contributed by atoms with Crippen molar-refractivity contribution in [2.45, 2.75) is 193 Å². The van der Waals surface area contributed by atoms with E-state index >= 15 is 0 Å². The second kappa shape index (κ2) is 35.1. The highest BCUT2D eigenvalue weighted by molar-refractivity contribution is 7.80. The molecule has 0 aliphatic carbocycles. The summed E-state index contributed by atoms with van der Waals surface area (Å²) in [5.41, 5.74) is 0. The molecule has 0 aromatic carbocycles. The molecule has 0 aliphatic rings. The molecule has 1 unspecified atom stereocenters. The molecule has 0 heterocycles. The van der Waals surface area contributed by atoms with Crippen LogP contribution in [-0.2, 0) is 32.7 Å². The normalized spacial score (nSPS) is 13.6. The lowest BCUT2D eigenvalue weighted by molar-refractivity contribution is -0.870. The van der Waals surface area contributed by atoms with E-state index in [4.69, 9.17) is 18.5 Å². The summed E-state index contributed by atoms with van der Waals surface area (Å²) in [5.74, 6) is 0.165. The number of thiol groups is 1. The summed E-state index contributed by atoms with van der Waals surface area (Å²) >= 11 is 4.26. The third kappa shape index (κ3) is 38.9. The van der Waals surface area contributed by atoms with Crippen LogP contribution in [0.3, 0.4) is 0 Å². The zero-order valence-corrected chi connectivity index (χ0v) is 35.3. The molecule has 0 fully saturated rings. The Morgan fingerprint density at radius 1 is 0.588 bits per heavy atom. The number of carbonyl (C=O) groups is 2. The van der Waals surface area contributed by atoms with Crippen molar-refractivity contribution in [1.29, 1.82) is 0 Å². The van der Waals surface area contributed by atoms with E-state index in [9.17, 15) is 19.0 Å². The number of phosphoric ester groups is 1. The number of phosphoric acid groups is 1. The topological polar surface area (TPSA) is 111 Å². The van der Waals surface area contributed by atoms with Crippen LogP contribution in [0.2, 0.25) is 0 Å². The number of esters is 2. The fourth-order valence-electron chi connectivity index (χ4n) is 5.87. The number of likely N-dealkylation sites (N-methyl/N-ethyl adjacent to an activating group) is 1. The van der Waals surface area contributed by atoms with Crippen LogP contribution in [0.15, 0.2) is 0 Å². The fraction of sp³-hybridized carbons (Fsp3) is 0.950. The van der Waals surface area contributed by atoms with Crippen molar-refractivity contribution in [2.24, 2.45) is 0 Å². The highest BCUT2D eigenvalue weighted by atomic mass is 32.1. The Hall–Kier alpha value is -0.640. The van der Waals surface area contributed by atoms with Crippen LogP contribution in [0.25, 0.3) is 0 Å². The van der Waals surface area contributed by atoms with Crippen LogP contribution >= 0.6 is 20.5 Å². The van der Waals surface area contributed by atoms with Crippen molar-refractivity contribution in [1.82, 2.24) is 0 Å². The van der Waals surface area contributed by atoms with Gasteiger partial charge in [0.2, 0.25) is 0 Å². The molecule has 0 N–H and O–H groups in total. The second-order valence-electron chi connectivity index (χ2n) is 15.4. The summed E-state index contributed by atoms with van der Waals surface area (Å²) in [6.07, 6.45) is 30.9. The summed E-state index contributed by atoms with van der Waals surface area (Å²) in [5, 5.41) is 0. The molecule has 0 spiro atoms. The summed E-state index contributed by atoms with van der Waals surface area (Å²) in [7, 11) is 1.17. The maximum absolute atomic E-state index is 12.6. The lowest BCUT2D eigenvalue weighted by atomic mass is 10.0. The summed E-state index contributed by atoms with van der Waals surface area (Å²) in [6.45, 7) is 1.98. The number of carbonyl (C=O) groups excluding carboxylic acids is 2. The Balaban J connectivity index is 4.35. The van der Waals surface area contributed by atoms with Crippen molar-refractivity contribution in [3.63, 3.8) is 0 Å². The van der Waals surface area contributed by atoms with Gasteiger partial charge >= 0.3 is 11.9 Å². The standard InChI is InChI=1S/C40H80NO8PS/c1-5-6-7-8-9-10-11-13-16-19-22-25-28-31-39(42)46-36-38(37-48-50(44,45)47-34-33-41(2,3)4)49-40(43)32-29-26-23-20-17-14-12-15-18-21-24-27-30-35-51/h38H,5-37H2,1-4H3,(H-,44,45,51)/t38-/m1/s1. The minimum atomic E-state index is -4.61. The van der Waals surface area contributed by atoms with Gasteiger partial charge in [0.1, 0.15) is 19.8 Å². The van der Waals surface area contributed by atoms with Crippen molar-refractivity contribution in [3.05, 3.63) is 0 Å². The van der Waals surface area contributed by atoms with Gasteiger partial charge in [-0.05, 0) is 25.0 Å². The average Bonchev–Trinajstić information content (AvgIpc) is 3.07. The first-order valence-corrected chi connectivity index (χ1v) is 22.9. The van der Waals surface area contributed by atoms with E-state index < -0.39 is 26.5 Å². The zero-order valence-electron chi connectivity index (χ0n) is 33.5. The van der Waals surface area contributed by atoms with Gasteiger partial charge in [-0.15, -0.1) is 0 Å². The van der Waals surface area contributed by atoms with E-state index in [-0.39, 0.29) is 32.0 Å². The number of rotatable bonds is 39. The van der Waals surface area contributed by atoms with E-state index in [2.05, 4.69) is 19.6 Å². The van der Waals surface area contributed by atoms with Gasteiger partial charge in [-0.3, -0.25) is 14.2 Å². The molecule has 0 saturated heterocycles. The van der Waals surface area contributed by atoms with Crippen molar-refractivity contribution < 1.29 is 42.1 Å². The van der Waals surface area contributed by atoms with Gasteiger partial charge in [-0.2, -0.15) is 12.6 Å². The molecule has 0 bridgehead atoms. The smallest absolute Gasteiger partial charge is 0.306 e. The molecule has 0 saturated carbocycles. The van der Waals surface area contributed by atoms with Crippen molar-refractivity contribution in [3.8, 4) is 0 Å². The number of hydrogen-bond donors (Lipinski definition) is 1. The molecule has 0 amide bonds. The van der Waals surface area contributed by atoms with Crippen LogP contribution in [-0.4, -0.2) is 75.8 Å². The maximum atomic E-state index is 12.6. The van der Waals surface area contributed by atoms with Gasteiger partial charge in [0.05, 0.1) is 27.7 Å². The van der Waals surface area contributed by atoms with Gasteiger partial charge in [0.25, 0.3) is 7.82 Å². The Kier molecular flexibility index (Phi) is 34.6. The van der Waals surface area contributed by atoms with Gasteiger partial charge in [0, 0.05) is 12.8 Å². The SMILES string of the molecule is CCCCCCCCCCCCCCCC(=O)OC[C@H](COP(=O)([O-])OCC[N+](C)(C)C)OC(=O)CCCCCCCCCCCCCCCS. The number of ether oxygens (including phenoxy) is 2. The molecular weight excluding hydrogens is 685 g/mol. The lowest BCUT2D eigenvalue weighted by Crippen LogP contribution is -2.37. The van der Waals surface area contributed by atoms with E-state index in [1.807, 2.05) is 21.1 Å². The highest BCUT2D eigenvalue weighted by Crippen LogP contribution is 2.38. The Morgan fingerprint density at radius 3 is 1.39 bits per heavy atom. The average molecular weight is 766 g/mol. The highest BCUT2D eigenvalue weighted by Gasteiger charge is 2.21. The third-order valence-corrected chi connectivity index (χ3v) is 10.5. The number of unbranched alkanes of at least 4 members (excludes halogenated alkanes) is 24. The zero-order chi connectivity index (χ0) is 37.9. The Labute approximate surface area is 319 Å². The minimum Gasteiger partial charge on any atom is -0.756 e. The molecule has 0 aliphatic heterocycles. The number of nitrogens with zero attached hydrogens (tertiary/aromatic N) is 1. The van der Waals surface area contributed by atoms with Crippen LogP contribution in [0, 0.1) is 0 Å². The van der Waals surface area contributed by atoms with Gasteiger partial charge in [-0.1, -0.05) is 155 Å². The number of hydrogen-bond acceptors (Lipinski definition) is 9. The third-order valence-electron chi connectivity index (χ3n) is 9.18. The Bertz CT molecular complexity index is 857. The molecule has 11 heteroatoms. The first kappa shape index (κ1) is 50.4. The maximum Gasteiger partial charge on any atom is 0.306 e. The summed E-state index contributed by atoms with van der Waals surface area (Å²) < 4.78 is 33.8. The van der Waals surface area contributed by atoms with Crippen molar-refractivity contribution in [2.75, 3.05) is 53.3 Å². The fourth-order valence-corrected chi connectivity index (χ4v) is 6.82. The first-order chi connectivity index (χ1) is 24.5. The molecule has 0 aromatic rings. The largest absolute Gasteiger partial charge is 0.756 e. The van der Waals surface area contributed by atoms with Crippen molar-refractivity contribution >= 4 is 32.4 Å². The quantitative estimate of drug-likeness (QED) is 0.0216. The molecule has 51 heavy (non-hydrogen) atoms. The van der Waals surface area contributed by atoms with E-state index in [1.165, 1.54) is 122 Å². The second-order valence-corrected chi connectivity index (χ2v) is 17.3. The van der Waals surface area contributed by atoms with Gasteiger partial charge in [-0.25, -0.2) is 0 Å². The monoisotopic (exact) mass is 766 g/mol. The minimum absolute atomic E-state index is 0.0279. The van der Waals surface area contributed by atoms with E-state index in [0.717, 1.165) is 44.3 Å². The molecule has 2 atom stereocenters. The van der Waals surface area contributed by atoms with Crippen LogP contribution in [0.5, 0.6) is 0 Å². The Morgan fingerprint density at radius 2 is 0.980 bits per heavy atom. The van der Waals surface area contributed by atoms with Gasteiger partial charge in [0.15, 0.2) is 6.10 Å². The van der Waals surface area contributed by atoms with Gasteiger partial charge < -0.3 is 27.9 Å². The predicted octanol–water partition coefficient (Wildman–Crippen LogP) is 10.5. The lowest BCUT2D eigenvalue weighted by Gasteiger charge is -2.28.